The summed E-state index contributed by atoms with van der Waals surface area (Å²) in [6.07, 6.45) is 1.77. The first kappa shape index (κ1) is 19.8. The second-order valence-corrected chi connectivity index (χ2v) is 6.69. The highest BCUT2D eigenvalue weighted by Crippen LogP contribution is 2.23. The van der Waals surface area contributed by atoms with Crippen molar-refractivity contribution in [3.8, 4) is 0 Å². The van der Waals surface area contributed by atoms with E-state index in [1.165, 1.54) is 16.9 Å². The smallest absolute Gasteiger partial charge is 0.358 e. The van der Waals surface area contributed by atoms with Gasteiger partial charge in [-0.2, -0.15) is 0 Å². The van der Waals surface area contributed by atoms with Crippen LogP contribution in [0.3, 0.4) is 0 Å². The zero-order chi connectivity index (χ0) is 20.3. The molecule has 28 heavy (non-hydrogen) atoms. The number of hydrogen-bond donors (Lipinski definition) is 4. The zero-order valence-electron chi connectivity index (χ0n) is 15.0. The molecule has 148 valence electrons. The number of nitrogens with one attached hydrogen (secondary N) is 3. The maximum atomic E-state index is 12.5. The van der Waals surface area contributed by atoms with Crippen molar-refractivity contribution in [2.45, 2.75) is 25.4 Å². The fourth-order valence-corrected chi connectivity index (χ4v) is 3.20. The van der Waals surface area contributed by atoms with Crippen molar-refractivity contribution in [1.82, 2.24) is 25.6 Å². The molecule has 0 unspecified atom stereocenters. The standard InChI is InChI=1S/C17H19ClN6O4/c1-2-19-15(25)11-4-3-9(5-12(11)18)21-16(26)13-6-10(7-20-13)24-8-14(17(27)28)22-23-24/h3-5,8,10,13,20H,2,6-7H2,1H3,(H,19,25)(H,21,26)(H,27,28)/t10-,13-/m0/s1. The molecular formula is C17H19ClN6O4. The summed E-state index contributed by atoms with van der Waals surface area (Å²) >= 11 is 6.14. The van der Waals surface area contributed by atoms with Gasteiger partial charge in [-0.15, -0.1) is 5.10 Å². The predicted molar refractivity (Wildman–Crippen MR) is 101 cm³/mol. The highest BCUT2D eigenvalue weighted by molar-refractivity contribution is 6.34. The molecule has 1 fully saturated rings. The molecule has 0 bridgehead atoms. The average Bonchev–Trinajstić information content (AvgIpc) is 3.31. The summed E-state index contributed by atoms with van der Waals surface area (Å²) in [4.78, 5) is 35.3. The maximum Gasteiger partial charge on any atom is 0.358 e. The molecule has 11 heteroatoms. The number of halogens is 1. The fraction of sp³-hybridized carbons (Fsp3) is 0.353. The fourth-order valence-electron chi connectivity index (χ4n) is 2.93. The number of nitrogens with zero attached hydrogens (tertiary/aromatic N) is 3. The minimum atomic E-state index is -1.15. The quantitative estimate of drug-likeness (QED) is 0.559. The Kier molecular flexibility index (Phi) is 5.90. The molecule has 1 aromatic carbocycles. The van der Waals surface area contributed by atoms with E-state index in [-0.39, 0.29) is 28.6 Å². The third-order valence-corrected chi connectivity index (χ3v) is 4.66. The minimum Gasteiger partial charge on any atom is -0.476 e. The Morgan fingerprint density at radius 2 is 2.18 bits per heavy atom. The van der Waals surface area contributed by atoms with Crippen LogP contribution in [0, 0.1) is 0 Å². The summed E-state index contributed by atoms with van der Waals surface area (Å²) < 4.78 is 1.45. The van der Waals surface area contributed by atoms with E-state index in [2.05, 4.69) is 26.3 Å². The van der Waals surface area contributed by atoms with Gasteiger partial charge in [0.15, 0.2) is 5.69 Å². The number of carbonyl (C=O) groups is 3. The number of anilines is 1. The van der Waals surface area contributed by atoms with Gasteiger partial charge in [-0.1, -0.05) is 16.8 Å². The van der Waals surface area contributed by atoms with Crippen LogP contribution in [0.1, 0.15) is 40.2 Å². The Labute approximate surface area is 165 Å². The van der Waals surface area contributed by atoms with E-state index in [4.69, 9.17) is 16.7 Å². The third kappa shape index (κ3) is 4.29. The number of carbonyl (C=O) groups excluding carboxylic acids is 2. The number of aromatic nitrogens is 3. The lowest BCUT2D eigenvalue weighted by molar-refractivity contribution is -0.117. The van der Waals surface area contributed by atoms with Gasteiger partial charge in [0.1, 0.15) is 0 Å². The van der Waals surface area contributed by atoms with Gasteiger partial charge in [-0.3, -0.25) is 9.59 Å². The summed E-state index contributed by atoms with van der Waals surface area (Å²) in [5, 5.41) is 25.1. The number of rotatable bonds is 6. The summed E-state index contributed by atoms with van der Waals surface area (Å²) in [5.41, 5.74) is 0.665. The van der Waals surface area contributed by atoms with Gasteiger partial charge in [0.05, 0.1) is 28.9 Å². The van der Waals surface area contributed by atoms with Crippen molar-refractivity contribution >= 4 is 35.1 Å². The molecule has 0 spiro atoms. The van der Waals surface area contributed by atoms with Crippen LogP contribution in [0.25, 0.3) is 0 Å². The van der Waals surface area contributed by atoms with Crippen molar-refractivity contribution in [3.63, 3.8) is 0 Å². The zero-order valence-corrected chi connectivity index (χ0v) is 15.7. The van der Waals surface area contributed by atoms with Gasteiger partial charge in [-0.25, -0.2) is 9.48 Å². The van der Waals surface area contributed by atoms with Crippen LogP contribution in [0.15, 0.2) is 24.4 Å². The Balaban J connectivity index is 1.61. The van der Waals surface area contributed by atoms with Crippen molar-refractivity contribution < 1.29 is 19.5 Å². The normalized spacial score (nSPS) is 18.6. The van der Waals surface area contributed by atoms with E-state index < -0.39 is 12.0 Å². The van der Waals surface area contributed by atoms with E-state index >= 15 is 0 Å². The van der Waals surface area contributed by atoms with Gasteiger partial charge < -0.3 is 21.1 Å². The van der Waals surface area contributed by atoms with Gasteiger partial charge in [0, 0.05) is 18.8 Å². The summed E-state index contributed by atoms with van der Waals surface area (Å²) in [6.45, 7) is 2.75. The molecule has 1 saturated heterocycles. The molecule has 0 saturated carbocycles. The second kappa shape index (κ2) is 8.36. The highest BCUT2D eigenvalue weighted by atomic mass is 35.5. The minimum absolute atomic E-state index is 0.144. The number of hydrogen-bond acceptors (Lipinski definition) is 6. The average molecular weight is 407 g/mol. The lowest BCUT2D eigenvalue weighted by atomic mass is 10.1. The number of amides is 2. The third-order valence-electron chi connectivity index (χ3n) is 4.35. The Morgan fingerprint density at radius 3 is 2.82 bits per heavy atom. The number of benzene rings is 1. The van der Waals surface area contributed by atoms with Crippen molar-refractivity contribution in [1.29, 1.82) is 0 Å². The highest BCUT2D eigenvalue weighted by Gasteiger charge is 2.31. The number of carboxylic acids is 1. The van der Waals surface area contributed by atoms with E-state index in [9.17, 15) is 14.4 Å². The maximum absolute atomic E-state index is 12.5. The molecule has 0 aliphatic carbocycles. The molecule has 10 nitrogen and oxygen atoms in total. The van der Waals surface area contributed by atoms with Crippen LogP contribution in [0.4, 0.5) is 5.69 Å². The lowest BCUT2D eigenvalue weighted by Crippen LogP contribution is -2.35. The van der Waals surface area contributed by atoms with Gasteiger partial charge in [-0.05, 0) is 31.5 Å². The molecule has 0 radical (unpaired) electrons. The summed E-state index contributed by atoms with van der Waals surface area (Å²) in [7, 11) is 0. The number of carboxylic acid groups (broad SMARTS) is 1. The van der Waals surface area contributed by atoms with Crippen molar-refractivity contribution in [2.75, 3.05) is 18.4 Å². The van der Waals surface area contributed by atoms with Gasteiger partial charge >= 0.3 is 5.97 Å². The molecular weight excluding hydrogens is 388 g/mol. The van der Waals surface area contributed by atoms with Crippen molar-refractivity contribution in [2.24, 2.45) is 0 Å². The number of aromatic carboxylic acids is 1. The molecule has 1 aromatic heterocycles. The molecule has 2 heterocycles. The molecule has 1 aliphatic rings. The van der Waals surface area contributed by atoms with Gasteiger partial charge in [0.2, 0.25) is 5.91 Å². The van der Waals surface area contributed by atoms with E-state index in [0.29, 0.717) is 30.8 Å². The van der Waals surface area contributed by atoms with E-state index in [1.54, 1.807) is 12.1 Å². The largest absolute Gasteiger partial charge is 0.476 e. The van der Waals surface area contributed by atoms with Crippen LogP contribution in [0.2, 0.25) is 5.02 Å². The SMILES string of the molecule is CCNC(=O)c1ccc(NC(=O)[C@@H]2C[C@H](n3cc(C(=O)O)nn3)CN2)cc1Cl. The van der Waals surface area contributed by atoms with E-state index in [1.807, 2.05) is 6.92 Å². The van der Waals surface area contributed by atoms with Crippen LogP contribution in [0.5, 0.6) is 0 Å². The van der Waals surface area contributed by atoms with E-state index in [0.717, 1.165) is 0 Å². The Hall–Kier alpha value is -2.98. The predicted octanol–water partition coefficient (Wildman–Crippen LogP) is 0.921. The van der Waals surface area contributed by atoms with Gasteiger partial charge in [0.25, 0.3) is 5.91 Å². The second-order valence-electron chi connectivity index (χ2n) is 6.28. The molecule has 1 aliphatic heterocycles. The molecule has 2 aromatic rings. The first-order chi connectivity index (χ1) is 13.4. The first-order valence-corrected chi connectivity index (χ1v) is 9.04. The molecule has 3 rings (SSSR count). The summed E-state index contributed by atoms with van der Waals surface area (Å²) in [5.74, 6) is -1.69. The summed E-state index contributed by atoms with van der Waals surface area (Å²) in [6, 6.07) is 4.02. The van der Waals surface area contributed by atoms with Crippen LogP contribution in [-0.4, -0.2) is 57.0 Å². The molecule has 2 atom stereocenters. The topological polar surface area (TPSA) is 138 Å². The van der Waals surface area contributed by atoms with Crippen molar-refractivity contribution in [3.05, 3.63) is 40.7 Å². The Bertz CT molecular complexity index is 915. The Morgan fingerprint density at radius 1 is 1.39 bits per heavy atom. The lowest BCUT2D eigenvalue weighted by Gasteiger charge is -2.13. The van der Waals surface area contributed by atoms with Crippen LogP contribution in [-0.2, 0) is 4.79 Å². The molecule has 2 amide bonds. The van der Waals surface area contributed by atoms with Crippen LogP contribution < -0.4 is 16.0 Å². The monoisotopic (exact) mass is 406 g/mol. The first-order valence-electron chi connectivity index (χ1n) is 8.66. The van der Waals surface area contributed by atoms with Crippen LogP contribution >= 0.6 is 11.6 Å². The molecule has 4 N–H and O–H groups in total.